The summed E-state index contributed by atoms with van der Waals surface area (Å²) in [4.78, 5) is 0. The lowest BCUT2D eigenvalue weighted by Crippen LogP contribution is -2.11. The molecule has 1 unspecified atom stereocenters. The molecule has 98 valence electrons. The molecule has 1 aromatic rings. The third-order valence-electron chi connectivity index (χ3n) is 4.96. The van der Waals surface area contributed by atoms with Crippen molar-refractivity contribution < 1.29 is 0 Å². The molecular formula is C17H25N. The molecule has 0 aromatic heterocycles. The highest BCUT2D eigenvalue weighted by molar-refractivity contribution is 5.28. The second-order valence-electron chi connectivity index (χ2n) is 6.31. The van der Waals surface area contributed by atoms with E-state index >= 15 is 0 Å². The predicted octanol–water partition coefficient (Wildman–Crippen LogP) is 4.06. The molecule has 0 bridgehead atoms. The number of rotatable bonds is 2. The molecule has 0 amide bonds. The van der Waals surface area contributed by atoms with Crippen molar-refractivity contribution in [3.63, 3.8) is 0 Å². The molecule has 1 saturated carbocycles. The first-order valence-electron chi connectivity index (χ1n) is 7.63. The van der Waals surface area contributed by atoms with Gasteiger partial charge in [0.1, 0.15) is 0 Å². The Labute approximate surface area is 111 Å². The van der Waals surface area contributed by atoms with Gasteiger partial charge in [0.15, 0.2) is 0 Å². The van der Waals surface area contributed by atoms with Crippen LogP contribution in [0.25, 0.3) is 0 Å². The molecular weight excluding hydrogens is 218 g/mol. The van der Waals surface area contributed by atoms with Gasteiger partial charge < -0.3 is 5.32 Å². The third-order valence-corrected chi connectivity index (χ3v) is 4.96. The Hall–Kier alpha value is -0.820. The van der Waals surface area contributed by atoms with Crippen LogP contribution >= 0.6 is 0 Å². The Kier molecular flexibility index (Phi) is 3.69. The van der Waals surface area contributed by atoms with Gasteiger partial charge in [-0.15, -0.1) is 0 Å². The summed E-state index contributed by atoms with van der Waals surface area (Å²) in [5, 5.41) is 3.45. The summed E-state index contributed by atoms with van der Waals surface area (Å²) in [6.07, 6.45) is 6.93. The van der Waals surface area contributed by atoms with Crippen molar-refractivity contribution in [3.8, 4) is 0 Å². The Bertz CT molecular complexity index is 367. The van der Waals surface area contributed by atoms with E-state index < -0.39 is 0 Å². The summed E-state index contributed by atoms with van der Waals surface area (Å²) < 4.78 is 0. The molecule has 1 nitrogen and oxygen atoms in total. The number of benzene rings is 1. The van der Waals surface area contributed by atoms with Crippen LogP contribution in [0, 0.1) is 5.92 Å². The largest absolute Gasteiger partial charge is 0.316 e. The zero-order valence-corrected chi connectivity index (χ0v) is 11.5. The van der Waals surface area contributed by atoms with Gasteiger partial charge in [0.05, 0.1) is 0 Å². The molecule has 1 aliphatic carbocycles. The number of hydrogen-bond donors (Lipinski definition) is 1. The van der Waals surface area contributed by atoms with Gasteiger partial charge in [-0.1, -0.05) is 44.0 Å². The molecule has 1 heteroatoms. The van der Waals surface area contributed by atoms with Crippen molar-refractivity contribution in [1.82, 2.24) is 5.32 Å². The molecule has 3 rings (SSSR count). The van der Waals surface area contributed by atoms with E-state index in [1.54, 1.807) is 5.56 Å². The lowest BCUT2D eigenvalue weighted by Gasteiger charge is -2.26. The predicted molar refractivity (Wildman–Crippen MR) is 77.0 cm³/mol. The minimum absolute atomic E-state index is 0.755. The van der Waals surface area contributed by atoms with E-state index in [4.69, 9.17) is 0 Å². The molecule has 1 N–H and O–H groups in total. The van der Waals surface area contributed by atoms with E-state index in [0.29, 0.717) is 0 Å². The fourth-order valence-corrected chi connectivity index (χ4v) is 3.57. The standard InChI is InChI=1S/C17H25N/c1-13-2-4-14(5-3-13)15-6-8-16(9-7-15)17-10-11-18-12-17/h6-9,13-14,17-18H,2-5,10-12H2,1H3. The van der Waals surface area contributed by atoms with Gasteiger partial charge in [-0.05, 0) is 54.7 Å². The van der Waals surface area contributed by atoms with Gasteiger partial charge in [-0.3, -0.25) is 0 Å². The molecule has 0 spiro atoms. The van der Waals surface area contributed by atoms with Crippen LogP contribution in [0.3, 0.4) is 0 Å². The van der Waals surface area contributed by atoms with Crippen LogP contribution in [0.4, 0.5) is 0 Å². The van der Waals surface area contributed by atoms with Crippen LogP contribution in [0.5, 0.6) is 0 Å². The molecule has 0 radical (unpaired) electrons. The molecule has 1 aromatic carbocycles. The Morgan fingerprint density at radius 2 is 1.44 bits per heavy atom. The lowest BCUT2D eigenvalue weighted by molar-refractivity contribution is 0.348. The van der Waals surface area contributed by atoms with Crippen molar-refractivity contribution in [2.45, 2.75) is 50.9 Å². The highest BCUT2D eigenvalue weighted by Crippen LogP contribution is 2.36. The first kappa shape index (κ1) is 12.2. The highest BCUT2D eigenvalue weighted by Gasteiger charge is 2.20. The van der Waals surface area contributed by atoms with Crippen molar-refractivity contribution in [2.75, 3.05) is 13.1 Å². The van der Waals surface area contributed by atoms with Crippen LogP contribution in [0.1, 0.15) is 62.0 Å². The summed E-state index contributed by atoms with van der Waals surface area (Å²) in [5.74, 6) is 2.53. The SMILES string of the molecule is CC1CCC(c2ccc(C3CCNC3)cc2)CC1. The molecule has 1 atom stereocenters. The molecule has 1 saturated heterocycles. The van der Waals surface area contributed by atoms with Crippen molar-refractivity contribution in [1.29, 1.82) is 0 Å². The molecule has 1 heterocycles. The zero-order chi connectivity index (χ0) is 12.4. The summed E-state index contributed by atoms with van der Waals surface area (Å²) in [6.45, 7) is 4.75. The molecule has 18 heavy (non-hydrogen) atoms. The van der Waals surface area contributed by atoms with Crippen LogP contribution in [-0.4, -0.2) is 13.1 Å². The van der Waals surface area contributed by atoms with Gasteiger partial charge in [0.25, 0.3) is 0 Å². The van der Waals surface area contributed by atoms with E-state index in [0.717, 1.165) is 17.8 Å². The average Bonchev–Trinajstić information content (AvgIpc) is 2.94. The normalized spacial score (nSPS) is 32.6. The van der Waals surface area contributed by atoms with Crippen LogP contribution in [0.2, 0.25) is 0 Å². The van der Waals surface area contributed by atoms with Crippen molar-refractivity contribution in [3.05, 3.63) is 35.4 Å². The third kappa shape index (κ3) is 2.61. The fraction of sp³-hybridized carbons (Fsp3) is 0.647. The van der Waals surface area contributed by atoms with E-state index in [1.165, 1.54) is 50.8 Å². The maximum absolute atomic E-state index is 3.45. The minimum Gasteiger partial charge on any atom is -0.316 e. The smallest absolute Gasteiger partial charge is 0.00206 e. The van der Waals surface area contributed by atoms with Crippen LogP contribution in [0.15, 0.2) is 24.3 Å². The molecule has 2 aliphatic rings. The average molecular weight is 243 g/mol. The lowest BCUT2D eigenvalue weighted by atomic mass is 9.79. The summed E-state index contributed by atoms with van der Waals surface area (Å²) >= 11 is 0. The molecule has 1 aliphatic heterocycles. The summed E-state index contributed by atoms with van der Waals surface area (Å²) in [7, 11) is 0. The maximum Gasteiger partial charge on any atom is 0.00206 e. The highest BCUT2D eigenvalue weighted by atomic mass is 14.9. The van der Waals surface area contributed by atoms with Crippen LogP contribution in [-0.2, 0) is 0 Å². The number of nitrogens with one attached hydrogen (secondary N) is 1. The van der Waals surface area contributed by atoms with Crippen molar-refractivity contribution in [2.24, 2.45) is 5.92 Å². The van der Waals surface area contributed by atoms with E-state index in [-0.39, 0.29) is 0 Å². The first-order chi connectivity index (χ1) is 8.83. The Morgan fingerprint density at radius 1 is 0.833 bits per heavy atom. The zero-order valence-electron chi connectivity index (χ0n) is 11.5. The monoisotopic (exact) mass is 243 g/mol. The van der Waals surface area contributed by atoms with Gasteiger partial charge in [0, 0.05) is 6.54 Å². The second-order valence-corrected chi connectivity index (χ2v) is 6.31. The maximum atomic E-state index is 3.45. The van der Waals surface area contributed by atoms with E-state index in [1.807, 2.05) is 0 Å². The van der Waals surface area contributed by atoms with Crippen molar-refractivity contribution >= 4 is 0 Å². The van der Waals surface area contributed by atoms with E-state index in [9.17, 15) is 0 Å². The van der Waals surface area contributed by atoms with Gasteiger partial charge in [-0.2, -0.15) is 0 Å². The van der Waals surface area contributed by atoms with Gasteiger partial charge >= 0.3 is 0 Å². The Balaban J connectivity index is 1.67. The summed E-state index contributed by atoms with van der Waals surface area (Å²) in [6, 6.07) is 9.55. The van der Waals surface area contributed by atoms with E-state index in [2.05, 4.69) is 36.5 Å². The Morgan fingerprint density at radius 3 is 2.00 bits per heavy atom. The van der Waals surface area contributed by atoms with Gasteiger partial charge in [-0.25, -0.2) is 0 Å². The topological polar surface area (TPSA) is 12.0 Å². The fourth-order valence-electron chi connectivity index (χ4n) is 3.57. The second kappa shape index (κ2) is 5.44. The first-order valence-corrected chi connectivity index (χ1v) is 7.63. The molecule has 2 fully saturated rings. The quantitative estimate of drug-likeness (QED) is 0.826. The van der Waals surface area contributed by atoms with Crippen LogP contribution < -0.4 is 5.32 Å². The van der Waals surface area contributed by atoms with Gasteiger partial charge in [0.2, 0.25) is 0 Å². The number of hydrogen-bond acceptors (Lipinski definition) is 1. The minimum atomic E-state index is 0.755. The summed E-state index contributed by atoms with van der Waals surface area (Å²) in [5.41, 5.74) is 3.12.